The zero-order valence-electron chi connectivity index (χ0n) is 16.9. The topological polar surface area (TPSA) is 18.5 Å². The number of hydrogen-bond donors (Lipinski definition) is 3. The molecule has 1 aliphatic rings. The zero-order chi connectivity index (χ0) is 19.2. The predicted molar refractivity (Wildman–Crippen MR) is 126 cm³/mol. The second-order valence-corrected chi connectivity index (χ2v) is 8.62. The van der Waals surface area contributed by atoms with Crippen LogP contribution < -0.4 is 5.32 Å². The highest BCUT2D eigenvalue weighted by atomic mass is 32.1. The molecule has 1 aromatic carbocycles. The monoisotopic (exact) mass is 409 g/mol. The van der Waals surface area contributed by atoms with E-state index in [0.717, 1.165) is 43.6 Å². The highest BCUT2D eigenvalue weighted by Crippen LogP contribution is 2.21. The van der Waals surface area contributed by atoms with Gasteiger partial charge in [0.2, 0.25) is 0 Å². The van der Waals surface area contributed by atoms with Crippen molar-refractivity contribution in [2.24, 2.45) is 5.92 Å². The molecular formula is C22H39N3S2. The standard InChI is InChI=1S/C22H39N3S2/c26-18-11-23-10-16-25(17-19-27)13-5-4-12-24-14-8-22(9-15-24)20-21-6-2-1-3-7-21/h1-3,6-7,22-23,26-27H,4-5,8-20H2. The van der Waals surface area contributed by atoms with Crippen LogP contribution in [0.25, 0.3) is 0 Å². The summed E-state index contributed by atoms with van der Waals surface area (Å²) in [7, 11) is 0. The molecule has 0 bridgehead atoms. The molecule has 1 saturated heterocycles. The van der Waals surface area contributed by atoms with Crippen LogP contribution in [0.3, 0.4) is 0 Å². The molecule has 1 heterocycles. The minimum absolute atomic E-state index is 0.874. The van der Waals surface area contributed by atoms with E-state index in [1.54, 1.807) is 0 Å². The molecular weight excluding hydrogens is 370 g/mol. The molecule has 1 aliphatic heterocycles. The number of unbranched alkanes of at least 4 members (excludes halogenated alkanes) is 1. The smallest absolute Gasteiger partial charge is 0.0107 e. The van der Waals surface area contributed by atoms with Crippen LogP contribution in [0.5, 0.6) is 0 Å². The molecule has 0 saturated carbocycles. The second-order valence-electron chi connectivity index (χ2n) is 7.72. The van der Waals surface area contributed by atoms with Gasteiger partial charge in [0.1, 0.15) is 0 Å². The number of nitrogens with one attached hydrogen (secondary N) is 1. The van der Waals surface area contributed by atoms with E-state index in [-0.39, 0.29) is 0 Å². The summed E-state index contributed by atoms with van der Waals surface area (Å²) in [6.07, 6.45) is 6.59. The summed E-state index contributed by atoms with van der Waals surface area (Å²) in [4.78, 5) is 5.23. The van der Waals surface area contributed by atoms with Gasteiger partial charge in [0.15, 0.2) is 0 Å². The quantitative estimate of drug-likeness (QED) is 0.323. The van der Waals surface area contributed by atoms with Gasteiger partial charge in [0, 0.05) is 37.7 Å². The SMILES string of the molecule is SCCNCCN(CCS)CCCCN1CCC(Cc2ccccc2)CC1. The third kappa shape index (κ3) is 10.2. The molecule has 0 atom stereocenters. The first kappa shape index (κ1) is 23.1. The third-order valence-corrected chi connectivity index (χ3v) is 6.01. The fraction of sp³-hybridized carbons (Fsp3) is 0.727. The Bertz CT molecular complexity index is 464. The fourth-order valence-electron chi connectivity index (χ4n) is 3.95. The Balaban J connectivity index is 1.54. The molecule has 0 aromatic heterocycles. The number of rotatable bonds is 14. The first-order valence-electron chi connectivity index (χ1n) is 10.7. The van der Waals surface area contributed by atoms with E-state index in [1.165, 1.54) is 63.8 Å². The molecule has 0 unspecified atom stereocenters. The largest absolute Gasteiger partial charge is 0.315 e. The Morgan fingerprint density at radius 1 is 0.926 bits per heavy atom. The average molecular weight is 410 g/mol. The number of thiol groups is 2. The average Bonchev–Trinajstić information content (AvgIpc) is 2.70. The molecule has 0 aliphatic carbocycles. The molecule has 5 heteroatoms. The van der Waals surface area contributed by atoms with E-state index >= 15 is 0 Å². The van der Waals surface area contributed by atoms with Crippen molar-refractivity contribution < 1.29 is 0 Å². The van der Waals surface area contributed by atoms with Crippen molar-refractivity contribution in [3.8, 4) is 0 Å². The number of likely N-dealkylation sites (tertiary alicyclic amines) is 1. The van der Waals surface area contributed by atoms with E-state index < -0.39 is 0 Å². The molecule has 2 rings (SSSR count). The van der Waals surface area contributed by atoms with Gasteiger partial charge in [-0.3, -0.25) is 0 Å². The van der Waals surface area contributed by atoms with Crippen LogP contribution in [0.15, 0.2) is 30.3 Å². The van der Waals surface area contributed by atoms with Gasteiger partial charge in [0.25, 0.3) is 0 Å². The normalized spacial score (nSPS) is 16.3. The van der Waals surface area contributed by atoms with Gasteiger partial charge in [0.05, 0.1) is 0 Å². The summed E-state index contributed by atoms with van der Waals surface area (Å²) in [6.45, 7) is 9.31. The maximum atomic E-state index is 4.41. The maximum Gasteiger partial charge on any atom is 0.0107 e. The summed E-state index contributed by atoms with van der Waals surface area (Å²) in [5, 5.41) is 3.44. The fourth-order valence-corrected chi connectivity index (χ4v) is 4.39. The van der Waals surface area contributed by atoms with E-state index in [1.807, 2.05) is 0 Å². The highest BCUT2D eigenvalue weighted by Gasteiger charge is 2.19. The van der Waals surface area contributed by atoms with Gasteiger partial charge in [-0.25, -0.2) is 0 Å². The summed E-state index contributed by atoms with van der Waals surface area (Å²) in [6, 6.07) is 11.0. The predicted octanol–water partition coefficient (Wildman–Crippen LogP) is 3.47. The lowest BCUT2D eigenvalue weighted by molar-refractivity contribution is 0.177. The van der Waals surface area contributed by atoms with Crippen molar-refractivity contribution in [3.05, 3.63) is 35.9 Å². The van der Waals surface area contributed by atoms with E-state index in [0.29, 0.717) is 0 Å². The lowest BCUT2D eigenvalue weighted by Crippen LogP contribution is -2.36. The number of benzene rings is 1. The van der Waals surface area contributed by atoms with Crippen molar-refractivity contribution in [2.45, 2.75) is 32.1 Å². The summed E-state index contributed by atoms with van der Waals surface area (Å²) < 4.78 is 0. The number of hydrogen-bond acceptors (Lipinski definition) is 5. The van der Waals surface area contributed by atoms with Crippen molar-refractivity contribution >= 4 is 25.3 Å². The van der Waals surface area contributed by atoms with Gasteiger partial charge in [-0.1, -0.05) is 30.3 Å². The Morgan fingerprint density at radius 2 is 1.70 bits per heavy atom. The lowest BCUT2D eigenvalue weighted by Gasteiger charge is -2.32. The Hall–Kier alpha value is -0.200. The molecule has 1 N–H and O–H groups in total. The molecule has 3 nitrogen and oxygen atoms in total. The third-order valence-electron chi connectivity index (χ3n) is 5.58. The van der Waals surface area contributed by atoms with E-state index in [4.69, 9.17) is 0 Å². The van der Waals surface area contributed by atoms with Crippen LogP contribution in [-0.4, -0.2) is 73.7 Å². The van der Waals surface area contributed by atoms with Gasteiger partial charge in [-0.15, -0.1) is 0 Å². The molecule has 1 fully saturated rings. The molecule has 0 radical (unpaired) electrons. The second kappa shape index (κ2) is 14.7. The van der Waals surface area contributed by atoms with Crippen LogP contribution in [0, 0.1) is 5.92 Å². The van der Waals surface area contributed by atoms with Crippen LogP contribution >= 0.6 is 25.3 Å². The van der Waals surface area contributed by atoms with E-state index in [2.05, 4.69) is 70.7 Å². The minimum atomic E-state index is 0.874. The first-order chi connectivity index (χ1) is 13.3. The Labute approximate surface area is 178 Å². The minimum Gasteiger partial charge on any atom is -0.315 e. The number of nitrogens with zero attached hydrogens (tertiary/aromatic N) is 2. The molecule has 27 heavy (non-hydrogen) atoms. The van der Waals surface area contributed by atoms with Gasteiger partial charge >= 0.3 is 0 Å². The van der Waals surface area contributed by atoms with E-state index in [9.17, 15) is 0 Å². The summed E-state index contributed by atoms with van der Waals surface area (Å²) in [5.41, 5.74) is 1.50. The molecule has 0 amide bonds. The first-order valence-corrected chi connectivity index (χ1v) is 12.0. The van der Waals surface area contributed by atoms with Crippen LogP contribution in [0.1, 0.15) is 31.2 Å². The maximum absolute atomic E-state index is 4.41. The number of piperidine rings is 1. The van der Waals surface area contributed by atoms with Crippen molar-refractivity contribution in [2.75, 3.05) is 63.9 Å². The highest BCUT2D eigenvalue weighted by molar-refractivity contribution is 7.80. The Morgan fingerprint density at radius 3 is 2.41 bits per heavy atom. The van der Waals surface area contributed by atoms with Gasteiger partial charge < -0.3 is 15.1 Å². The summed E-state index contributed by atoms with van der Waals surface area (Å²) >= 11 is 8.66. The van der Waals surface area contributed by atoms with Crippen molar-refractivity contribution in [1.82, 2.24) is 15.1 Å². The van der Waals surface area contributed by atoms with Crippen molar-refractivity contribution in [3.63, 3.8) is 0 Å². The Kier molecular flexibility index (Phi) is 12.6. The zero-order valence-corrected chi connectivity index (χ0v) is 18.6. The molecule has 154 valence electrons. The molecule has 1 aromatic rings. The van der Waals surface area contributed by atoms with Crippen LogP contribution in [0.2, 0.25) is 0 Å². The van der Waals surface area contributed by atoms with Gasteiger partial charge in [-0.2, -0.15) is 25.3 Å². The van der Waals surface area contributed by atoms with Gasteiger partial charge in [-0.05, 0) is 69.8 Å². The summed E-state index contributed by atoms with van der Waals surface area (Å²) in [5.74, 6) is 2.73. The molecule has 0 spiro atoms. The van der Waals surface area contributed by atoms with Crippen LogP contribution in [-0.2, 0) is 6.42 Å². The van der Waals surface area contributed by atoms with Crippen LogP contribution in [0.4, 0.5) is 0 Å². The van der Waals surface area contributed by atoms with Crippen molar-refractivity contribution in [1.29, 1.82) is 0 Å². The lowest BCUT2D eigenvalue weighted by atomic mass is 9.90.